The topological polar surface area (TPSA) is 76.2 Å². The summed E-state index contributed by atoms with van der Waals surface area (Å²) in [6.07, 6.45) is 2.31. The van der Waals surface area contributed by atoms with Gasteiger partial charge in [-0.15, -0.1) is 0 Å². The second kappa shape index (κ2) is 5.01. The van der Waals surface area contributed by atoms with Gasteiger partial charge in [-0.2, -0.15) is 0 Å². The van der Waals surface area contributed by atoms with Crippen molar-refractivity contribution in [3.05, 3.63) is 29.8 Å². The fraction of sp³-hybridized carbons (Fsp3) is 0.273. The molecule has 0 bridgehead atoms. The number of aromatic carboxylic acids is 1. The Morgan fingerprint density at radius 1 is 1.29 bits per heavy atom. The molecule has 0 spiro atoms. The van der Waals surface area contributed by atoms with Crippen molar-refractivity contribution in [2.24, 2.45) is 0 Å². The first kappa shape index (κ1) is 11.7. The van der Waals surface area contributed by atoms with Crippen LogP contribution in [0.5, 0.6) is 0 Å². The van der Waals surface area contributed by atoms with Gasteiger partial charge in [0.1, 0.15) is 0 Å². The summed E-state index contributed by atoms with van der Waals surface area (Å²) in [7, 11) is 0. The van der Waals surface area contributed by atoms with Crippen LogP contribution in [0.15, 0.2) is 24.3 Å². The van der Waals surface area contributed by atoms with Gasteiger partial charge in [0.2, 0.25) is 0 Å². The molecule has 1 saturated carbocycles. The second-order valence-electron chi connectivity index (χ2n) is 3.86. The van der Waals surface area contributed by atoms with Crippen molar-refractivity contribution in [1.29, 1.82) is 0 Å². The number of nitrogens with one attached hydrogen (secondary N) is 3. The number of anilines is 1. The van der Waals surface area contributed by atoms with Gasteiger partial charge < -0.3 is 15.2 Å². The summed E-state index contributed by atoms with van der Waals surface area (Å²) >= 11 is 5.05. The highest BCUT2D eigenvalue weighted by Crippen LogP contribution is 2.18. The number of thiocarbonyl (C=S) groups is 1. The number of carboxylic acid groups (broad SMARTS) is 1. The van der Waals surface area contributed by atoms with Gasteiger partial charge in [0.05, 0.1) is 11.7 Å². The summed E-state index contributed by atoms with van der Waals surface area (Å²) in [4.78, 5) is 10.5. The largest absolute Gasteiger partial charge is 0.545 e. The Morgan fingerprint density at radius 2 is 1.94 bits per heavy atom. The molecule has 17 heavy (non-hydrogen) atoms. The first-order chi connectivity index (χ1) is 8.15. The van der Waals surface area contributed by atoms with E-state index < -0.39 is 5.97 Å². The smallest absolute Gasteiger partial charge is 0.185 e. The van der Waals surface area contributed by atoms with Gasteiger partial charge >= 0.3 is 0 Å². The highest BCUT2D eigenvalue weighted by Gasteiger charge is 2.21. The SMILES string of the molecule is O=C([O-])c1ccc(NNC(=S)NC2CC2)cc1. The van der Waals surface area contributed by atoms with Gasteiger partial charge in [0, 0.05) is 6.04 Å². The highest BCUT2D eigenvalue weighted by atomic mass is 32.1. The van der Waals surface area contributed by atoms with Crippen LogP contribution in [-0.2, 0) is 0 Å². The number of carboxylic acids is 1. The Labute approximate surface area is 104 Å². The molecule has 0 amide bonds. The number of benzene rings is 1. The van der Waals surface area contributed by atoms with E-state index in [1.54, 1.807) is 12.1 Å². The zero-order valence-electron chi connectivity index (χ0n) is 9.03. The van der Waals surface area contributed by atoms with Crippen molar-refractivity contribution < 1.29 is 9.90 Å². The molecule has 0 aromatic heterocycles. The van der Waals surface area contributed by atoms with Crippen molar-refractivity contribution in [1.82, 2.24) is 10.7 Å². The van der Waals surface area contributed by atoms with E-state index in [1.807, 2.05) is 0 Å². The Hall–Kier alpha value is -1.82. The van der Waals surface area contributed by atoms with E-state index in [2.05, 4.69) is 16.2 Å². The van der Waals surface area contributed by atoms with E-state index >= 15 is 0 Å². The standard InChI is InChI=1S/C11H13N3O2S/c15-10(16)7-1-3-9(4-2-7)13-14-11(17)12-8-5-6-8/h1-4,8,13H,5-6H2,(H,15,16)(H2,12,14,17)/p-1. The van der Waals surface area contributed by atoms with Gasteiger partial charge in [0.15, 0.2) is 5.11 Å². The lowest BCUT2D eigenvalue weighted by Crippen LogP contribution is -2.39. The van der Waals surface area contributed by atoms with E-state index in [-0.39, 0.29) is 5.56 Å². The molecule has 0 radical (unpaired) electrons. The minimum atomic E-state index is -1.18. The summed E-state index contributed by atoms with van der Waals surface area (Å²) in [5.41, 5.74) is 6.58. The number of hydrazine groups is 1. The number of carbonyl (C=O) groups is 1. The number of hydrogen-bond donors (Lipinski definition) is 3. The predicted molar refractivity (Wildman–Crippen MR) is 66.3 cm³/mol. The van der Waals surface area contributed by atoms with Gasteiger partial charge in [-0.1, -0.05) is 12.1 Å². The minimum absolute atomic E-state index is 0.147. The molecule has 1 aromatic carbocycles. The summed E-state index contributed by atoms with van der Waals surface area (Å²) < 4.78 is 0. The first-order valence-electron chi connectivity index (χ1n) is 5.29. The Morgan fingerprint density at radius 3 is 2.47 bits per heavy atom. The first-order valence-corrected chi connectivity index (χ1v) is 5.70. The van der Waals surface area contributed by atoms with Crippen LogP contribution in [0, 0.1) is 0 Å². The lowest BCUT2D eigenvalue weighted by Gasteiger charge is -2.12. The average Bonchev–Trinajstić information content (AvgIpc) is 3.11. The van der Waals surface area contributed by atoms with Gasteiger partial charge in [-0.05, 0) is 42.8 Å². The molecule has 1 aromatic rings. The van der Waals surface area contributed by atoms with Crippen molar-refractivity contribution >= 4 is 29.0 Å². The van der Waals surface area contributed by atoms with Gasteiger partial charge in [-0.3, -0.25) is 10.9 Å². The molecular formula is C11H12N3O2S-. The Bertz CT molecular complexity index is 429. The fourth-order valence-electron chi connectivity index (χ4n) is 1.27. The van der Waals surface area contributed by atoms with Crippen LogP contribution in [0.4, 0.5) is 5.69 Å². The van der Waals surface area contributed by atoms with E-state index in [1.165, 1.54) is 12.1 Å². The summed E-state index contributed by atoms with van der Waals surface area (Å²) in [5, 5.41) is 14.2. The van der Waals surface area contributed by atoms with Crippen molar-refractivity contribution in [3.63, 3.8) is 0 Å². The predicted octanol–water partition coefficient (Wildman–Crippen LogP) is 0.00350. The third-order valence-corrected chi connectivity index (χ3v) is 2.57. The van der Waals surface area contributed by atoms with E-state index in [4.69, 9.17) is 12.2 Å². The highest BCUT2D eigenvalue weighted by molar-refractivity contribution is 7.80. The van der Waals surface area contributed by atoms with Crippen LogP contribution < -0.4 is 21.3 Å². The Balaban J connectivity index is 1.81. The van der Waals surface area contributed by atoms with Crippen LogP contribution in [0.1, 0.15) is 23.2 Å². The maximum Gasteiger partial charge on any atom is 0.185 e. The van der Waals surface area contributed by atoms with Crippen molar-refractivity contribution in [2.75, 3.05) is 5.43 Å². The Kier molecular flexibility index (Phi) is 3.43. The summed E-state index contributed by atoms with van der Waals surface area (Å²) in [5.74, 6) is -1.18. The molecule has 90 valence electrons. The second-order valence-corrected chi connectivity index (χ2v) is 4.27. The molecule has 2 rings (SSSR count). The van der Waals surface area contributed by atoms with E-state index in [0.29, 0.717) is 11.2 Å². The molecule has 0 aliphatic heterocycles. The van der Waals surface area contributed by atoms with E-state index in [0.717, 1.165) is 18.5 Å². The molecule has 0 heterocycles. The molecule has 0 atom stereocenters. The molecule has 0 saturated heterocycles. The number of rotatable bonds is 4. The summed E-state index contributed by atoms with van der Waals surface area (Å²) in [6.45, 7) is 0. The molecule has 1 aliphatic carbocycles. The lowest BCUT2D eigenvalue weighted by molar-refractivity contribution is -0.255. The van der Waals surface area contributed by atoms with Crippen LogP contribution >= 0.6 is 12.2 Å². The van der Waals surface area contributed by atoms with E-state index in [9.17, 15) is 9.90 Å². The average molecular weight is 250 g/mol. The lowest BCUT2D eigenvalue weighted by atomic mass is 10.2. The zero-order valence-corrected chi connectivity index (χ0v) is 9.84. The van der Waals surface area contributed by atoms with Gasteiger partial charge in [0.25, 0.3) is 0 Å². The maximum absolute atomic E-state index is 10.5. The van der Waals surface area contributed by atoms with Crippen molar-refractivity contribution in [3.8, 4) is 0 Å². The van der Waals surface area contributed by atoms with Crippen LogP contribution in [0.3, 0.4) is 0 Å². The monoisotopic (exact) mass is 250 g/mol. The zero-order chi connectivity index (χ0) is 12.3. The van der Waals surface area contributed by atoms with Crippen molar-refractivity contribution in [2.45, 2.75) is 18.9 Å². The molecule has 3 N–H and O–H groups in total. The number of carbonyl (C=O) groups excluding carboxylic acids is 1. The van der Waals surface area contributed by atoms with Crippen LogP contribution in [0.25, 0.3) is 0 Å². The molecular weight excluding hydrogens is 238 g/mol. The molecule has 6 heteroatoms. The maximum atomic E-state index is 10.5. The quantitative estimate of drug-likeness (QED) is 0.516. The van der Waals surface area contributed by atoms with Gasteiger partial charge in [-0.25, -0.2) is 0 Å². The third-order valence-electron chi connectivity index (χ3n) is 2.35. The molecule has 1 aliphatic rings. The van der Waals surface area contributed by atoms with Crippen LogP contribution in [-0.4, -0.2) is 17.1 Å². The molecule has 1 fully saturated rings. The fourth-order valence-corrected chi connectivity index (χ4v) is 1.49. The minimum Gasteiger partial charge on any atom is -0.545 e. The normalized spacial score (nSPS) is 13.9. The molecule has 0 unspecified atom stereocenters. The third kappa shape index (κ3) is 3.60. The number of hydrogen-bond acceptors (Lipinski definition) is 4. The summed E-state index contributed by atoms with van der Waals surface area (Å²) in [6, 6.07) is 6.71. The molecule has 5 nitrogen and oxygen atoms in total. The van der Waals surface area contributed by atoms with Crippen LogP contribution in [0.2, 0.25) is 0 Å².